The van der Waals surface area contributed by atoms with Gasteiger partial charge >= 0.3 is 0 Å². The second kappa shape index (κ2) is 9.31. The summed E-state index contributed by atoms with van der Waals surface area (Å²) in [4.78, 5) is 26.7. The van der Waals surface area contributed by atoms with Gasteiger partial charge in [0.15, 0.2) is 5.76 Å². The number of sulfonamides is 1. The Hall–Kier alpha value is -2.85. The molecule has 0 radical (unpaired) electrons. The Bertz CT molecular complexity index is 1010. The molecule has 1 aromatic heterocycles. The summed E-state index contributed by atoms with van der Waals surface area (Å²) in [5, 5.41) is 2.53. The number of ether oxygens (including phenoxy) is 1. The summed E-state index contributed by atoms with van der Waals surface area (Å²) in [7, 11) is -0.900. The van der Waals surface area contributed by atoms with Gasteiger partial charge in [-0.2, -0.15) is 0 Å². The number of carbonyl (C=O) groups is 2. The van der Waals surface area contributed by atoms with Crippen LogP contribution in [-0.4, -0.2) is 58.4 Å². The zero-order chi connectivity index (χ0) is 21.7. The average Bonchev–Trinajstić information content (AvgIpc) is 3.26. The molecule has 0 saturated carbocycles. The molecule has 2 N–H and O–H groups in total. The Labute approximate surface area is 175 Å². The maximum absolute atomic E-state index is 12.6. The van der Waals surface area contributed by atoms with E-state index >= 15 is 0 Å². The van der Waals surface area contributed by atoms with Crippen molar-refractivity contribution in [3.63, 3.8) is 0 Å². The number of hydrogen-bond acceptors (Lipinski definition) is 6. The van der Waals surface area contributed by atoms with E-state index in [1.54, 1.807) is 12.0 Å². The molecule has 0 spiro atoms. The summed E-state index contributed by atoms with van der Waals surface area (Å²) < 4.78 is 36.0. The van der Waals surface area contributed by atoms with E-state index in [4.69, 9.17) is 9.15 Å². The van der Waals surface area contributed by atoms with Crippen molar-refractivity contribution in [2.24, 2.45) is 0 Å². The largest absolute Gasteiger partial charge is 0.496 e. The first-order chi connectivity index (χ1) is 14.3. The molecule has 0 aliphatic carbocycles. The molecule has 2 heterocycles. The lowest BCUT2D eigenvalue weighted by Crippen LogP contribution is -2.46. The summed E-state index contributed by atoms with van der Waals surface area (Å²) in [5.41, 5.74) is 0.838. The van der Waals surface area contributed by atoms with E-state index in [9.17, 15) is 18.0 Å². The van der Waals surface area contributed by atoms with Gasteiger partial charge in [-0.15, -0.1) is 0 Å². The van der Waals surface area contributed by atoms with Gasteiger partial charge in [0.25, 0.3) is 15.9 Å². The minimum Gasteiger partial charge on any atom is -0.496 e. The van der Waals surface area contributed by atoms with E-state index in [2.05, 4.69) is 10.0 Å². The van der Waals surface area contributed by atoms with Gasteiger partial charge in [-0.05, 0) is 38.1 Å². The Balaban J connectivity index is 1.52. The highest BCUT2D eigenvalue weighted by Gasteiger charge is 2.26. The van der Waals surface area contributed by atoms with E-state index in [-0.39, 0.29) is 29.2 Å². The van der Waals surface area contributed by atoms with E-state index < -0.39 is 15.9 Å². The van der Waals surface area contributed by atoms with Gasteiger partial charge in [0, 0.05) is 24.7 Å². The quantitative estimate of drug-likeness (QED) is 0.674. The fraction of sp³-hybridized carbons (Fsp3) is 0.400. The number of likely N-dealkylation sites (tertiary alicyclic amines) is 1. The first kappa shape index (κ1) is 21.8. The summed E-state index contributed by atoms with van der Waals surface area (Å²) in [5.74, 6) is 0.146. The fourth-order valence-corrected chi connectivity index (χ4v) is 3.99. The molecule has 1 saturated heterocycles. The normalized spacial score (nSPS) is 15.1. The summed E-state index contributed by atoms with van der Waals surface area (Å²) in [6, 6.07) is 9.86. The molecule has 2 amide bonds. The lowest BCUT2D eigenvalue weighted by molar-refractivity contribution is -0.131. The van der Waals surface area contributed by atoms with E-state index in [1.807, 2.05) is 24.3 Å². The topological polar surface area (TPSA) is 118 Å². The number of para-hydroxylation sites is 1. The lowest BCUT2D eigenvalue weighted by Gasteiger charge is -2.32. The molecule has 9 nitrogen and oxygen atoms in total. The molecular formula is C20H25N3O6S. The molecule has 1 aliphatic rings. The van der Waals surface area contributed by atoms with Crippen molar-refractivity contribution in [2.75, 3.05) is 27.2 Å². The molecule has 3 rings (SSSR count). The van der Waals surface area contributed by atoms with E-state index in [1.165, 1.54) is 19.2 Å². The van der Waals surface area contributed by atoms with E-state index in [0.29, 0.717) is 31.7 Å². The Morgan fingerprint density at radius 3 is 2.53 bits per heavy atom. The van der Waals surface area contributed by atoms with Crippen LogP contribution in [0.3, 0.4) is 0 Å². The SMILES string of the molecule is CNS(=O)(=O)c1ccc(C(=O)NC2CCN(C(=O)Cc3ccccc3OC)CC2)o1. The highest BCUT2D eigenvalue weighted by Crippen LogP contribution is 2.20. The first-order valence-corrected chi connectivity index (χ1v) is 11.1. The monoisotopic (exact) mass is 435 g/mol. The number of rotatable bonds is 7. The van der Waals surface area contributed by atoms with Crippen molar-refractivity contribution in [1.29, 1.82) is 0 Å². The van der Waals surface area contributed by atoms with Gasteiger partial charge in [-0.1, -0.05) is 18.2 Å². The third-order valence-corrected chi connectivity index (χ3v) is 6.34. The zero-order valence-electron chi connectivity index (χ0n) is 16.9. The number of amides is 2. The number of piperidine rings is 1. The zero-order valence-corrected chi connectivity index (χ0v) is 17.7. The van der Waals surface area contributed by atoms with Crippen LogP contribution in [0.15, 0.2) is 45.9 Å². The second-order valence-corrected chi connectivity index (χ2v) is 8.76. The molecular weight excluding hydrogens is 410 g/mol. The molecule has 1 aromatic carbocycles. The molecule has 1 aliphatic heterocycles. The molecule has 30 heavy (non-hydrogen) atoms. The third kappa shape index (κ3) is 5.00. The van der Waals surface area contributed by atoms with Crippen LogP contribution in [0.5, 0.6) is 5.75 Å². The maximum Gasteiger partial charge on any atom is 0.287 e. The molecule has 0 bridgehead atoms. The van der Waals surface area contributed by atoms with Crippen LogP contribution in [0.25, 0.3) is 0 Å². The standard InChI is InChI=1S/C20H25N3O6S/c1-21-30(26,27)19-8-7-17(29-19)20(25)22-15-9-11-23(12-10-15)18(24)13-14-5-3-4-6-16(14)28-2/h3-8,15,21H,9-13H2,1-2H3,(H,22,25). The van der Waals surface area contributed by atoms with Crippen LogP contribution < -0.4 is 14.8 Å². The van der Waals surface area contributed by atoms with Crippen molar-refractivity contribution >= 4 is 21.8 Å². The van der Waals surface area contributed by atoms with Gasteiger partial charge < -0.3 is 19.4 Å². The number of methoxy groups -OCH3 is 1. The maximum atomic E-state index is 12.6. The Morgan fingerprint density at radius 1 is 1.17 bits per heavy atom. The molecule has 162 valence electrons. The minimum absolute atomic E-state index is 0.0113. The number of nitrogens with one attached hydrogen (secondary N) is 2. The van der Waals surface area contributed by atoms with Crippen LogP contribution >= 0.6 is 0 Å². The van der Waals surface area contributed by atoms with Crippen molar-refractivity contribution < 1.29 is 27.2 Å². The average molecular weight is 436 g/mol. The van der Waals surface area contributed by atoms with Gasteiger partial charge in [0.1, 0.15) is 5.75 Å². The van der Waals surface area contributed by atoms with Gasteiger partial charge in [-0.3, -0.25) is 9.59 Å². The Morgan fingerprint density at radius 2 is 1.87 bits per heavy atom. The van der Waals surface area contributed by atoms with Gasteiger partial charge in [0.05, 0.1) is 13.5 Å². The van der Waals surface area contributed by atoms with Crippen molar-refractivity contribution in [2.45, 2.75) is 30.4 Å². The predicted molar refractivity (Wildman–Crippen MR) is 109 cm³/mol. The smallest absolute Gasteiger partial charge is 0.287 e. The fourth-order valence-electron chi connectivity index (χ4n) is 3.34. The highest BCUT2D eigenvalue weighted by molar-refractivity contribution is 7.89. The van der Waals surface area contributed by atoms with Crippen molar-refractivity contribution in [3.8, 4) is 5.75 Å². The van der Waals surface area contributed by atoms with Crippen LogP contribution in [0.2, 0.25) is 0 Å². The molecule has 2 aromatic rings. The number of hydrogen-bond donors (Lipinski definition) is 2. The summed E-state index contributed by atoms with van der Waals surface area (Å²) in [6.07, 6.45) is 1.47. The van der Waals surface area contributed by atoms with E-state index in [0.717, 1.165) is 5.56 Å². The van der Waals surface area contributed by atoms with Crippen LogP contribution in [0.1, 0.15) is 29.0 Å². The third-order valence-electron chi connectivity index (χ3n) is 5.06. The van der Waals surface area contributed by atoms with Gasteiger partial charge in [0.2, 0.25) is 11.0 Å². The number of nitrogens with zero attached hydrogens (tertiary/aromatic N) is 1. The van der Waals surface area contributed by atoms with Crippen LogP contribution in [0, 0.1) is 0 Å². The summed E-state index contributed by atoms with van der Waals surface area (Å²) >= 11 is 0. The van der Waals surface area contributed by atoms with Crippen LogP contribution in [0.4, 0.5) is 0 Å². The molecule has 0 unspecified atom stereocenters. The number of carbonyl (C=O) groups excluding carboxylic acids is 2. The molecule has 10 heteroatoms. The molecule has 0 atom stereocenters. The summed E-state index contributed by atoms with van der Waals surface area (Å²) in [6.45, 7) is 1.05. The Kier molecular flexibility index (Phi) is 6.78. The number of benzene rings is 1. The van der Waals surface area contributed by atoms with Gasteiger partial charge in [-0.25, -0.2) is 13.1 Å². The second-order valence-electron chi connectivity index (χ2n) is 6.94. The first-order valence-electron chi connectivity index (χ1n) is 9.58. The predicted octanol–water partition coefficient (Wildman–Crippen LogP) is 1.16. The van der Waals surface area contributed by atoms with Crippen molar-refractivity contribution in [1.82, 2.24) is 14.9 Å². The minimum atomic E-state index is -3.74. The van der Waals surface area contributed by atoms with Crippen molar-refractivity contribution in [3.05, 3.63) is 47.7 Å². The highest BCUT2D eigenvalue weighted by atomic mass is 32.2. The number of furan rings is 1. The molecule has 1 fully saturated rings. The lowest BCUT2D eigenvalue weighted by atomic mass is 10.0. The van der Waals surface area contributed by atoms with Crippen LogP contribution in [-0.2, 0) is 21.2 Å².